The molecule has 3 aromatic rings. The molecule has 0 radical (unpaired) electrons. The number of thioether (sulfide) groups is 1. The van der Waals surface area contributed by atoms with Crippen molar-refractivity contribution in [2.45, 2.75) is 0 Å². The molecule has 0 aromatic heterocycles. The summed E-state index contributed by atoms with van der Waals surface area (Å²) in [6.45, 7) is 0.823. The maximum atomic E-state index is 12.8. The molecule has 5 nitrogen and oxygen atoms in total. The normalized spacial score (nSPS) is 14.7. The fourth-order valence-corrected chi connectivity index (χ4v) is 4.39. The van der Waals surface area contributed by atoms with Gasteiger partial charge in [-0.05, 0) is 48.0 Å². The molecule has 4 rings (SSSR count). The van der Waals surface area contributed by atoms with Crippen LogP contribution >= 0.6 is 24.0 Å². The van der Waals surface area contributed by atoms with Crippen LogP contribution in [0, 0.1) is 0 Å². The molecule has 0 saturated carbocycles. The summed E-state index contributed by atoms with van der Waals surface area (Å²) in [5.41, 5.74) is 1.68. The molecule has 1 aliphatic heterocycles. The molecule has 0 atom stereocenters. The molecule has 1 amide bonds. The Morgan fingerprint density at radius 3 is 2.28 bits per heavy atom. The van der Waals surface area contributed by atoms with Gasteiger partial charge in [-0.3, -0.25) is 9.69 Å². The zero-order chi connectivity index (χ0) is 22.3. The van der Waals surface area contributed by atoms with Crippen molar-refractivity contribution in [2.24, 2.45) is 0 Å². The summed E-state index contributed by atoms with van der Waals surface area (Å²) in [6, 6.07) is 24.4. The third kappa shape index (κ3) is 5.30. The van der Waals surface area contributed by atoms with E-state index in [9.17, 15) is 4.79 Å². The van der Waals surface area contributed by atoms with E-state index < -0.39 is 0 Å². The smallest absolute Gasteiger partial charge is 0.270 e. The van der Waals surface area contributed by atoms with Gasteiger partial charge in [0.15, 0.2) is 4.32 Å². The number of ether oxygens (including phenoxy) is 3. The van der Waals surface area contributed by atoms with Crippen molar-refractivity contribution in [1.82, 2.24) is 0 Å². The molecule has 0 bridgehead atoms. The fourth-order valence-electron chi connectivity index (χ4n) is 3.09. The summed E-state index contributed by atoms with van der Waals surface area (Å²) in [6.07, 6.45) is 1.85. The van der Waals surface area contributed by atoms with E-state index in [0.29, 0.717) is 22.4 Å². The van der Waals surface area contributed by atoms with Crippen molar-refractivity contribution in [3.05, 3.63) is 89.3 Å². The Bertz CT molecular complexity index is 1130. The first-order chi connectivity index (χ1) is 15.6. The number of benzene rings is 3. The SMILES string of the molecule is COc1cccc(OCCOc2ccc(C=C3SC(=S)N(c4ccccc4)C3=O)cc2)c1. The minimum absolute atomic E-state index is 0.110. The number of amides is 1. The molecule has 7 heteroatoms. The number of nitrogens with zero attached hydrogens (tertiary/aromatic N) is 1. The van der Waals surface area contributed by atoms with E-state index in [1.165, 1.54) is 11.8 Å². The van der Waals surface area contributed by atoms with E-state index in [0.717, 1.165) is 28.5 Å². The van der Waals surface area contributed by atoms with Crippen molar-refractivity contribution < 1.29 is 19.0 Å². The lowest BCUT2D eigenvalue weighted by molar-refractivity contribution is -0.113. The number of para-hydroxylation sites is 1. The summed E-state index contributed by atoms with van der Waals surface area (Å²) < 4.78 is 17.1. The maximum absolute atomic E-state index is 12.8. The molecule has 1 saturated heterocycles. The number of hydrogen-bond donors (Lipinski definition) is 0. The molecule has 3 aromatic carbocycles. The Morgan fingerprint density at radius 1 is 0.875 bits per heavy atom. The average molecular weight is 464 g/mol. The third-order valence-electron chi connectivity index (χ3n) is 4.65. The highest BCUT2D eigenvalue weighted by molar-refractivity contribution is 8.27. The first-order valence-corrected chi connectivity index (χ1v) is 11.2. The van der Waals surface area contributed by atoms with Gasteiger partial charge >= 0.3 is 0 Å². The Labute approximate surface area is 196 Å². The van der Waals surface area contributed by atoms with Gasteiger partial charge in [-0.2, -0.15) is 0 Å². The molecule has 0 aliphatic carbocycles. The lowest BCUT2D eigenvalue weighted by Crippen LogP contribution is -2.27. The number of carbonyl (C=O) groups is 1. The summed E-state index contributed by atoms with van der Waals surface area (Å²) >= 11 is 6.72. The van der Waals surface area contributed by atoms with E-state index in [1.807, 2.05) is 84.9 Å². The minimum atomic E-state index is -0.110. The molecule has 1 heterocycles. The summed E-state index contributed by atoms with van der Waals surface area (Å²) in [5, 5.41) is 0. The number of rotatable bonds is 8. The van der Waals surface area contributed by atoms with Crippen molar-refractivity contribution in [1.29, 1.82) is 0 Å². The largest absolute Gasteiger partial charge is 0.497 e. The van der Waals surface area contributed by atoms with Gasteiger partial charge in [-0.1, -0.05) is 60.4 Å². The highest BCUT2D eigenvalue weighted by Gasteiger charge is 2.33. The summed E-state index contributed by atoms with van der Waals surface area (Å²) in [4.78, 5) is 15.0. The van der Waals surface area contributed by atoms with Crippen LogP contribution in [0.2, 0.25) is 0 Å². The monoisotopic (exact) mass is 463 g/mol. The fraction of sp³-hybridized carbons (Fsp3) is 0.120. The lowest BCUT2D eigenvalue weighted by atomic mass is 10.2. The van der Waals surface area contributed by atoms with Gasteiger partial charge < -0.3 is 14.2 Å². The van der Waals surface area contributed by atoms with Gasteiger partial charge in [0.1, 0.15) is 30.5 Å². The average Bonchev–Trinajstić information content (AvgIpc) is 3.11. The Kier molecular flexibility index (Phi) is 7.09. The zero-order valence-corrected chi connectivity index (χ0v) is 19.0. The Balaban J connectivity index is 1.32. The van der Waals surface area contributed by atoms with Crippen LogP contribution in [0.5, 0.6) is 17.2 Å². The topological polar surface area (TPSA) is 48.0 Å². The second kappa shape index (κ2) is 10.3. The van der Waals surface area contributed by atoms with Crippen LogP contribution in [-0.2, 0) is 4.79 Å². The van der Waals surface area contributed by atoms with Crippen LogP contribution in [0.3, 0.4) is 0 Å². The highest BCUT2D eigenvalue weighted by Crippen LogP contribution is 2.36. The van der Waals surface area contributed by atoms with E-state index in [4.69, 9.17) is 26.4 Å². The van der Waals surface area contributed by atoms with Crippen LogP contribution in [0.1, 0.15) is 5.56 Å². The third-order valence-corrected chi connectivity index (χ3v) is 5.95. The molecule has 0 N–H and O–H groups in total. The quantitative estimate of drug-likeness (QED) is 0.248. The van der Waals surface area contributed by atoms with Gasteiger partial charge in [0.2, 0.25) is 0 Å². The first kappa shape index (κ1) is 21.9. The molecular formula is C25H21NO4S2. The lowest BCUT2D eigenvalue weighted by Gasteiger charge is -2.13. The van der Waals surface area contributed by atoms with Crippen LogP contribution in [0.15, 0.2) is 83.8 Å². The number of hydrogen-bond acceptors (Lipinski definition) is 6. The van der Waals surface area contributed by atoms with E-state index >= 15 is 0 Å². The molecule has 0 unspecified atom stereocenters. The number of thiocarbonyl (C=S) groups is 1. The first-order valence-electron chi connectivity index (χ1n) is 9.97. The highest BCUT2D eigenvalue weighted by atomic mass is 32.2. The van der Waals surface area contributed by atoms with Crippen LogP contribution in [0.4, 0.5) is 5.69 Å². The zero-order valence-electron chi connectivity index (χ0n) is 17.4. The number of anilines is 1. The molecule has 0 spiro atoms. The van der Waals surface area contributed by atoms with Gasteiger partial charge in [-0.15, -0.1) is 0 Å². The molecule has 1 fully saturated rings. The summed E-state index contributed by atoms with van der Waals surface area (Å²) in [5.74, 6) is 2.10. The second-order valence-electron chi connectivity index (χ2n) is 6.80. The van der Waals surface area contributed by atoms with Crippen molar-refractivity contribution in [3.8, 4) is 17.2 Å². The van der Waals surface area contributed by atoms with E-state index in [1.54, 1.807) is 12.0 Å². The van der Waals surface area contributed by atoms with Crippen LogP contribution < -0.4 is 19.1 Å². The van der Waals surface area contributed by atoms with Gasteiger partial charge in [0.25, 0.3) is 5.91 Å². The predicted molar refractivity (Wildman–Crippen MR) is 133 cm³/mol. The van der Waals surface area contributed by atoms with Crippen LogP contribution in [-0.4, -0.2) is 30.6 Å². The minimum Gasteiger partial charge on any atom is -0.497 e. The number of methoxy groups -OCH3 is 1. The summed E-state index contributed by atoms with van der Waals surface area (Å²) in [7, 11) is 1.62. The molecule has 1 aliphatic rings. The van der Waals surface area contributed by atoms with Gasteiger partial charge in [-0.25, -0.2) is 0 Å². The van der Waals surface area contributed by atoms with Gasteiger partial charge in [0.05, 0.1) is 17.7 Å². The standard InChI is InChI=1S/C25H21NO4S2/c1-28-21-8-5-9-22(17-21)30-15-14-29-20-12-10-18(11-13-20)16-23-24(27)26(25(31)32-23)19-6-3-2-4-7-19/h2-13,16-17H,14-15H2,1H3. The molecule has 162 valence electrons. The number of carbonyl (C=O) groups excluding carboxylic acids is 1. The van der Waals surface area contributed by atoms with E-state index in [-0.39, 0.29) is 5.91 Å². The van der Waals surface area contributed by atoms with Crippen molar-refractivity contribution in [3.63, 3.8) is 0 Å². The maximum Gasteiger partial charge on any atom is 0.270 e. The van der Waals surface area contributed by atoms with E-state index in [2.05, 4.69) is 0 Å². The van der Waals surface area contributed by atoms with Crippen LogP contribution in [0.25, 0.3) is 6.08 Å². The van der Waals surface area contributed by atoms with Crippen molar-refractivity contribution >= 4 is 46.0 Å². The van der Waals surface area contributed by atoms with Crippen molar-refractivity contribution in [2.75, 3.05) is 25.2 Å². The molecule has 32 heavy (non-hydrogen) atoms. The second-order valence-corrected chi connectivity index (χ2v) is 8.47. The molecular weight excluding hydrogens is 442 g/mol. The van der Waals surface area contributed by atoms with Gasteiger partial charge in [0, 0.05) is 6.07 Å². The Hall–Kier alpha value is -3.29. The predicted octanol–water partition coefficient (Wildman–Crippen LogP) is 5.56. The Morgan fingerprint density at radius 2 is 1.56 bits per heavy atom.